The zero-order chi connectivity index (χ0) is 25.1. The average molecular weight is 519 g/mol. The van der Waals surface area contributed by atoms with Gasteiger partial charge in [0.25, 0.3) is 5.91 Å². The molecular weight excluding hydrogens is 487 g/mol. The van der Waals surface area contributed by atoms with E-state index in [2.05, 4.69) is 5.32 Å². The molecule has 35 heavy (non-hydrogen) atoms. The Bertz CT molecular complexity index is 1060. The fourth-order valence-corrected chi connectivity index (χ4v) is 5.49. The van der Waals surface area contributed by atoms with Crippen LogP contribution in [0.25, 0.3) is 0 Å². The van der Waals surface area contributed by atoms with E-state index in [0.29, 0.717) is 27.1 Å². The summed E-state index contributed by atoms with van der Waals surface area (Å²) in [5.41, 5.74) is 1.37. The fourth-order valence-electron chi connectivity index (χ4n) is 4.91. The molecular formula is C27H32Cl2N2O4. The zero-order valence-corrected chi connectivity index (χ0v) is 21.9. The minimum atomic E-state index is -0.869. The number of amides is 2. The molecule has 6 nitrogen and oxygen atoms in total. The Morgan fingerprint density at radius 1 is 1.11 bits per heavy atom. The average Bonchev–Trinajstić information content (AvgIpc) is 2.93. The van der Waals surface area contributed by atoms with Crippen molar-refractivity contribution in [2.45, 2.75) is 70.7 Å². The monoisotopic (exact) mass is 518 g/mol. The van der Waals surface area contributed by atoms with Gasteiger partial charge < -0.3 is 19.7 Å². The number of benzene rings is 2. The number of methoxy groups -OCH3 is 1. The minimum absolute atomic E-state index is 0.0978. The molecule has 2 aliphatic rings. The first-order valence-corrected chi connectivity index (χ1v) is 12.9. The molecule has 2 atom stereocenters. The van der Waals surface area contributed by atoms with Gasteiger partial charge >= 0.3 is 0 Å². The lowest BCUT2D eigenvalue weighted by Crippen LogP contribution is -2.49. The number of nitrogens with zero attached hydrogens (tertiary/aromatic N) is 1. The van der Waals surface area contributed by atoms with Crippen molar-refractivity contribution in [3.8, 4) is 11.5 Å². The van der Waals surface area contributed by atoms with Crippen LogP contribution in [0.4, 0.5) is 0 Å². The number of ether oxygens (including phenoxy) is 2. The quantitative estimate of drug-likeness (QED) is 0.513. The smallest absolute Gasteiger partial charge is 0.265 e. The third-order valence-electron chi connectivity index (χ3n) is 6.69. The molecule has 0 radical (unpaired) electrons. The Balaban J connectivity index is 1.79. The van der Waals surface area contributed by atoms with E-state index < -0.39 is 12.1 Å². The van der Waals surface area contributed by atoms with Crippen molar-refractivity contribution in [3.05, 3.63) is 57.6 Å². The van der Waals surface area contributed by atoms with E-state index in [1.54, 1.807) is 42.3 Å². The predicted octanol–water partition coefficient (Wildman–Crippen LogP) is 5.94. The van der Waals surface area contributed by atoms with Gasteiger partial charge in [0, 0.05) is 34.3 Å². The van der Waals surface area contributed by atoms with Gasteiger partial charge in [-0.25, -0.2) is 0 Å². The number of hydrogen-bond donors (Lipinski definition) is 1. The van der Waals surface area contributed by atoms with E-state index in [9.17, 15) is 9.59 Å². The number of carbonyl (C=O) groups excluding carboxylic acids is 2. The number of nitrogens with one attached hydrogen (secondary N) is 1. The molecule has 2 aromatic carbocycles. The molecule has 1 aliphatic heterocycles. The van der Waals surface area contributed by atoms with Crippen LogP contribution < -0.4 is 14.8 Å². The van der Waals surface area contributed by atoms with E-state index in [1.807, 2.05) is 19.9 Å². The molecule has 2 aromatic rings. The molecule has 0 spiro atoms. The first-order valence-electron chi connectivity index (χ1n) is 12.2. The Morgan fingerprint density at radius 3 is 2.43 bits per heavy atom. The maximum atomic E-state index is 13.9. The highest BCUT2D eigenvalue weighted by Gasteiger charge is 2.42. The van der Waals surface area contributed by atoms with Crippen LogP contribution in [-0.2, 0) is 16.1 Å². The molecule has 0 bridgehead atoms. The summed E-state index contributed by atoms with van der Waals surface area (Å²) in [7, 11) is 1.58. The molecule has 2 amide bonds. The third kappa shape index (κ3) is 5.87. The van der Waals surface area contributed by atoms with Crippen LogP contribution in [0.3, 0.4) is 0 Å². The summed E-state index contributed by atoms with van der Waals surface area (Å²) in [4.78, 5) is 29.4. The van der Waals surface area contributed by atoms with Crippen LogP contribution in [0.5, 0.6) is 11.5 Å². The number of hydrogen-bond acceptors (Lipinski definition) is 4. The van der Waals surface area contributed by atoms with Crippen LogP contribution in [0.2, 0.25) is 10.0 Å². The molecule has 1 aliphatic carbocycles. The summed E-state index contributed by atoms with van der Waals surface area (Å²) >= 11 is 12.5. The zero-order valence-electron chi connectivity index (χ0n) is 20.4. The summed E-state index contributed by atoms with van der Waals surface area (Å²) < 4.78 is 11.7. The molecule has 1 saturated carbocycles. The lowest BCUT2D eigenvalue weighted by molar-refractivity contribution is -0.147. The van der Waals surface area contributed by atoms with Crippen molar-refractivity contribution < 1.29 is 19.1 Å². The first kappa shape index (κ1) is 25.6. The van der Waals surface area contributed by atoms with Gasteiger partial charge in [0.05, 0.1) is 7.11 Å². The van der Waals surface area contributed by atoms with E-state index >= 15 is 0 Å². The van der Waals surface area contributed by atoms with Crippen molar-refractivity contribution in [3.63, 3.8) is 0 Å². The molecule has 4 rings (SSSR count). The largest absolute Gasteiger partial charge is 0.497 e. The topological polar surface area (TPSA) is 67.9 Å². The molecule has 0 saturated heterocycles. The number of carbonyl (C=O) groups is 2. The second kappa shape index (κ2) is 11.1. The van der Waals surface area contributed by atoms with Gasteiger partial charge in [0.15, 0.2) is 6.10 Å². The molecule has 1 fully saturated rings. The van der Waals surface area contributed by atoms with Crippen molar-refractivity contribution in [1.82, 2.24) is 10.2 Å². The number of halogens is 2. The van der Waals surface area contributed by atoms with Crippen LogP contribution in [-0.4, -0.2) is 36.0 Å². The van der Waals surface area contributed by atoms with Gasteiger partial charge in [-0.15, -0.1) is 0 Å². The van der Waals surface area contributed by atoms with Crippen molar-refractivity contribution in [1.29, 1.82) is 0 Å². The maximum absolute atomic E-state index is 13.9. The lowest BCUT2D eigenvalue weighted by Gasteiger charge is -2.33. The van der Waals surface area contributed by atoms with Crippen LogP contribution in [0.15, 0.2) is 36.4 Å². The summed E-state index contributed by atoms with van der Waals surface area (Å²) in [5.74, 6) is 0.493. The number of fused-ring (bicyclic) bond motifs is 1. The highest BCUT2D eigenvalue weighted by Crippen LogP contribution is 2.39. The Morgan fingerprint density at radius 2 is 1.80 bits per heavy atom. The van der Waals surface area contributed by atoms with Gasteiger partial charge in [-0.05, 0) is 54.7 Å². The fraction of sp³-hybridized carbons (Fsp3) is 0.481. The third-order valence-corrected chi connectivity index (χ3v) is 7.12. The Labute approximate surface area is 216 Å². The van der Waals surface area contributed by atoms with Crippen molar-refractivity contribution >= 4 is 35.0 Å². The normalized spacial score (nSPS) is 20.7. The minimum Gasteiger partial charge on any atom is -0.497 e. The van der Waals surface area contributed by atoms with Gasteiger partial charge in [-0.1, -0.05) is 56.3 Å². The van der Waals surface area contributed by atoms with Gasteiger partial charge in [0.1, 0.15) is 17.5 Å². The molecule has 8 heteroatoms. The van der Waals surface area contributed by atoms with Gasteiger partial charge in [0.2, 0.25) is 5.91 Å². The number of rotatable bonds is 6. The predicted molar refractivity (Wildman–Crippen MR) is 137 cm³/mol. The molecule has 1 N–H and O–H groups in total. The van der Waals surface area contributed by atoms with Gasteiger partial charge in [-0.2, -0.15) is 0 Å². The Kier molecular flexibility index (Phi) is 8.12. The van der Waals surface area contributed by atoms with E-state index in [1.165, 1.54) is 6.42 Å². The molecule has 0 aromatic heterocycles. The summed E-state index contributed by atoms with van der Waals surface area (Å²) in [6, 6.07) is 9.76. The Hall–Kier alpha value is -2.44. The first-order chi connectivity index (χ1) is 16.8. The van der Waals surface area contributed by atoms with Crippen molar-refractivity contribution in [2.75, 3.05) is 7.11 Å². The SMILES string of the molecule is COc1ccc2c(c1)OC(C(C)C)C(=O)N(Cc1cc(Cl)cc(Cl)c1)C2C(=O)NC1CCCCC1. The van der Waals surface area contributed by atoms with E-state index in [4.69, 9.17) is 32.7 Å². The summed E-state index contributed by atoms with van der Waals surface area (Å²) in [5, 5.41) is 4.16. The maximum Gasteiger partial charge on any atom is 0.265 e. The second-order valence-electron chi connectivity index (χ2n) is 9.68. The van der Waals surface area contributed by atoms with Crippen molar-refractivity contribution in [2.24, 2.45) is 5.92 Å². The molecule has 2 unspecified atom stereocenters. The van der Waals surface area contributed by atoms with Gasteiger partial charge in [-0.3, -0.25) is 9.59 Å². The van der Waals surface area contributed by atoms with E-state index in [-0.39, 0.29) is 30.3 Å². The summed E-state index contributed by atoms with van der Waals surface area (Å²) in [6.07, 6.45) is 4.48. The van der Waals surface area contributed by atoms with Crippen LogP contribution >= 0.6 is 23.2 Å². The highest BCUT2D eigenvalue weighted by molar-refractivity contribution is 6.34. The molecule has 1 heterocycles. The standard InChI is InChI=1S/C27H32Cl2N2O4/c1-16(2)25-27(33)31(15-17-11-18(28)13-19(29)12-17)24(26(32)30-20-7-5-4-6-8-20)22-10-9-21(34-3)14-23(22)35-25/h9-14,16,20,24-25H,4-8,15H2,1-3H3,(H,30,32). The summed E-state index contributed by atoms with van der Waals surface area (Å²) in [6.45, 7) is 4.03. The lowest BCUT2D eigenvalue weighted by atomic mass is 9.94. The van der Waals surface area contributed by atoms with Crippen LogP contribution in [0.1, 0.15) is 63.1 Å². The second-order valence-corrected chi connectivity index (χ2v) is 10.5. The molecule has 188 valence electrons. The highest BCUT2D eigenvalue weighted by atomic mass is 35.5. The van der Waals surface area contributed by atoms with E-state index in [0.717, 1.165) is 31.2 Å². The van der Waals surface area contributed by atoms with Crippen LogP contribution in [0, 0.1) is 5.92 Å².